The molecule has 0 amide bonds. The fourth-order valence-electron chi connectivity index (χ4n) is 1.70. The highest BCUT2D eigenvalue weighted by Gasteiger charge is 2.15. The topological polar surface area (TPSA) is 38.0 Å². The number of halogens is 3. The van der Waals surface area contributed by atoms with E-state index in [1.54, 1.807) is 11.3 Å². The number of hydrogen-bond acceptors (Lipinski definition) is 3. The Labute approximate surface area is 128 Å². The predicted octanol–water partition coefficient (Wildman–Crippen LogP) is 4.56. The highest BCUT2D eigenvalue weighted by Crippen LogP contribution is 2.31. The summed E-state index contributed by atoms with van der Waals surface area (Å²) in [5.74, 6) is 5.63. The zero-order valence-corrected chi connectivity index (χ0v) is 13.2. The van der Waals surface area contributed by atoms with Crippen molar-refractivity contribution in [2.75, 3.05) is 0 Å². The van der Waals surface area contributed by atoms with Crippen LogP contribution in [0, 0.1) is 0 Å². The van der Waals surface area contributed by atoms with Gasteiger partial charge in [0.05, 0.1) is 10.4 Å². The van der Waals surface area contributed by atoms with Gasteiger partial charge >= 0.3 is 0 Å². The van der Waals surface area contributed by atoms with E-state index >= 15 is 0 Å². The first kappa shape index (κ1) is 14.3. The second-order valence-electron chi connectivity index (χ2n) is 3.80. The quantitative estimate of drug-likeness (QED) is 0.615. The van der Waals surface area contributed by atoms with Crippen LogP contribution in [0.2, 0.25) is 9.36 Å². The number of thiophene rings is 1. The van der Waals surface area contributed by atoms with Crippen LogP contribution in [0.4, 0.5) is 0 Å². The maximum atomic E-state index is 6.20. The Bertz CT molecular complexity index is 545. The summed E-state index contributed by atoms with van der Waals surface area (Å²) >= 11 is 17.1. The summed E-state index contributed by atoms with van der Waals surface area (Å²) in [5, 5.41) is 0.698. The first-order valence-corrected chi connectivity index (χ1v) is 7.62. The molecule has 0 saturated carbocycles. The third-order valence-corrected chi connectivity index (χ3v) is 4.66. The van der Waals surface area contributed by atoms with Crippen molar-refractivity contribution >= 4 is 50.5 Å². The van der Waals surface area contributed by atoms with Gasteiger partial charge in [-0.15, -0.1) is 11.3 Å². The van der Waals surface area contributed by atoms with E-state index in [9.17, 15) is 0 Å². The predicted molar refractivity (Wildman–Crippen MR) is 82.2 cm³/mol. The third kappa shape index (κ3) is 3.47. The van der Waals surface area contributed by atoms with Crippen molar-refractivity contribution in [1.29, 1.82) is 0 Å². The van der Waals surface area contributed by atoms with Crippen molar-refractivity contribution in [3.05, 3.63) is 54.6 Å². The van der Waals surface area contributed by atoms with E-state index in [1.807, 2.05) is 30.3 Å². The van der Waals surface area contributed by atoms with Crippen LogP contribution >= 0.6 is 50.5 Å². The lowest BCUT2D eigenvalue weighted by Gasteiger charge is -2.17. The van der Waals surface area contributed by atoms with Crippen LogP contribution < -0.4 is 11.3 Å². The second-order valence-corrected chi connectivity index (χ2v) is 6.92. The van der Waals surface area contributed by atoms with Gasteiger partial charge in [-0.25, -0.2) is 0 Å². The van der Waals surface area contributed by atoms with Gasteiger partial charge in [-0.05, 0) is 35.9 Å². The first-order chi connectivity index (χ1) is 8.60. The molecule has 0 fully saturated rings. The van der Waals surface area contributed by atoms with E-state index in [0.29, 0.717) is 5.02 Å². The highest BCUT2D eigenvalue weighted by molar-refractivity contribution is 9.10. The minimum atomic E-state index is -0.0373. The molecule has 2 nitrogen and oxygen atoms in total. The molecule has 1 unspecified atom stereocenters. The van der Waals surface area contributed by atoms with E-state index in [0.717, 1.165) is 20.8 Å². The largest absolute Gasteiger partial charge is 0.271 e. The molecule has 18 heavy (non-hydrogen) atoms. The Balaban J connectivity index is 2.25. The van der Waals surface area contributed by atoms with Crippen LogP contribution in [0.15, 0.2) is 34.8 Å². The van der Waals surface area contributed by atoms with Gasteiger partial charge in [0, 0.05) is 20.8 Å². The number of hydrazine groups is 1. The van der Waals surface area contributed by atoms with Gasteiger partial charge in [-0.3, -0.25) is 11.3 Å². The van der Waals surface area contributed by atoms with E-state index in [2.05, 4.69) is 21.4 Å². The van der Waals surface area contributed by atoms with Gasteiger partial charge in [0.15, 0.2) is 0 Å². The van der Waals surface area contributed by atoms with Crippen LogP contribution in [0.3, 0.4) is 0 Å². The van der Waals surface area contributed by atoms with Crippen LogP contribution in [0.25, 0.3) is 0 Å². The highest BCUT2D eigenvalue weighted by atomic mass is 79.9. The summed E-state index contributed by atoms with van der Waals surface area (Å²) in [6, 6.07) is 9.58. The summed E-state index contributed by atoms with van der Waals surface area (Å²) in [5.41, 5.74) is 3.77. The van der Waals surface area contributed by atoms with E-state index < -0.39 is 0 Å². The number of nitrogens with two attached hydrogens (primary N) is 1. The van der Waals surface area contributed by atoms with E-state index in [1.165, 1.54) is 4.88 Å². The molecule has 96 valence electrons. The average Bonchev–Trinajstić information content (AvgIpc) is 2.75. The summed E-state index contributed by atoms with van der Waals surface area (Å²) in [6.07, 6.45) is 0.754. The Morgan fingerprint density at radius 1 is 1.28 bits per heavy atom. The molecule has 0 aliphatic heterocycles. The molecule has 0 spiro atoms. The van der Waals surface area contributed by atoms with Crippen LogP contribution in [-0.4, -0.2) is 0 Å². The molecule has 1 aromatic heterocycles. The molecule has 1 atom stereocenters. The molecule has 1 heterocycles. The SMILES string of the molecule is NNC(Cc1ccc(Cl)s1)c1cc(Br)ccc1Cl. The standard InChI is InChI=1S/C12H11BrCl2N2S/c13-7-1-3-10(14)9(5-7)11(17-16)6-8-2-4-12(15)18-8/h1-5,11,17H,6,16H2. The molecule has 2 aromatic rings. The Hall–Kier alpha value is -0.100. The minimum absolute atomic E-state index is 0.0373. The first-order valence-electron chi connectivity index (χ1n) is 5.25. The van der Waals surface area contributed by atoms with Crippen molar-refractivity contribution in [2.45, 2.75) is 12.5 Å². The lowest BCUT2D eigenvalue weighted by molar-refractivity contribution is 0.555. The maximum Gasteiger partial charge on any atom is 0.0931 e. The van der Waals surface area contributed by atoms with E-state index in [-0.39, 0.29) is 6.04 Å². The van der Waals surface area contributed by atoms with Crippen molar-refractivity contribution in [2.24, 2.45) is 5.84 Å². The summed E-state index contributed by atoms with van der Waals surface area (Å²) in [6.45, 7) is 0. The Morgan fingerprint density at radius 3 is 2.67 bits per heavy atom. The van der Waals surface area contributed by atoms with Gasteiger partial charge in [0.1, 0.15) is 0 Å². The molecule has 6 heteroatoms. The summed E-state index contributed by atoms with van der Waals surface area (Å²) < 4.78 is 1.76. The normalized spacial score (nSPS) is 12.7. The molecule has 0 aliphatic carbocycles. The zero-order chi connectivity index (χ0) is 13.1. The second kappa shape index (κ2) is 6.37. The fraction of sp³-hybridized carbons (Fsp3) is 0.167. The van der Waals surface area contributed by atoms with Crippen LogP contribution in [-0.2, 0) is 6.42 Å². The monoisotopic (exact) mass is 364 g/mol. The molecule has 0 saturated heterocycles. The molecule has 0 bridgehead atoms. The fourth-order valence-corrected chi connectivity index (χ4v) is 3.46. The lowest BCUT2D eigenvalue weighted by Crippen LogP contribution is -2.29. The van der Waals surface area contributed by atoms with Crippen molar-refractivity contribution < 1.29 is 0 Å². The Kier molecular flexibility index (Phi) is 5.06. The average molecular weight is 366 g/mol. The number of rotatable bonds is 4. The van der Waals surface area contributed by atoms with Gasteiger partial charge in [0.25, 0.3) is 0 Å². The lowest BCUT2D eigenvalue weighted by atomic mass is 10.0. The number of hydrogen-bond donors (Lipinski definition) is 2. The summed E-state index contributed by atoms with van der Waals surface area (Å²) in [7, 11) is 0. The van der Waals surface area contributed by atoms with Gasteiger partial charge in [-0.1, -0.05) is 39.1 Å². The van der Waals surface area contributed by atoms with Gasteiger partial charge < -0.3 is 0 Å². The number of nitrogens with one attached hydrogen (secondary N) is 1. The van der Waals surface area contributed by atoms with E-state index in [4.69, 9.17) is 29.0 Å². The van der Waals surface area contributed by atoms with Crippen molar-refractivity contribution in [3.63, 3.8) is 0 Å². The molecule has 3 N–H and O–H groups in total. The zero-order valence-electron chi connectivity index (χ0n) is 9.29. The maximum absolute atomic E-state index is 6.20. The Morgan fingerprint density at radius 2 is 2.06 bits per heavy atom. The minimum Gasteiger partial charge on any atom is -0.271 e. The van der Waals surface area contributed by atoms with Gasteiger partial charge in [-0.2, -0.15) is 0 Å². The smallest absolute Gasteiger partial charge is 0.0931 e. The molecule has 0 radical (unpaired) electrons. The third-order valence-electron chi connectivity index (χ3n) is 2.57. The van der Waals surface area contributed by atoms with Gasteiger partial charge in [0.2, 0.25) is 0 Å². The van der Waals surface area contributed by atoms with Crippen LogP contribution in [0.5, 0.6) is 0 Å². The van der Waals surface area contributed by atoms with Crippen LogP contribution in [0.1, 0.15) is 16.5 Å². The molecular formula is C12H11BrCl2N2S. The summed E-state index contributed by atoms with van der Waals surface area (Å²) in [4.78, 5) is 1.17. The number of benzene rings is 1. The molecular weight excluding hydrogens is 355 g/mol. The van der Waals surface area contributed by atoms with Crippen molar-refractivity contribution in [1.82, 2.24) is 5.43 Å². The molecule has 2 rings (SSSR count). The van der Waals surface area contributed by atoms with Crippen molar-refractivity contribution in [3.8, 4) is 0 Å². The molecule has 1 aromatic carbocycles. The molecule has 0 aliphatic rings.